The fourth-order valence-electron chi connectivity index (χ4n) is 4.27. The van der Waals surface area contributed by atoms with Gasteiger partial charge in [0.05, 0.1) is 11.4 Å². The Balaban J connectivity index is 1.20. The van der Waals surface area contributed by atoms with Crippen LogP contribution in [0.1, 0.15) is 11.1 Å². The molecular weight excluding hydrogens is 527 g/mol. The summed E-state index contributed by atoms with van der Waals surface area (Å²) in [5.41, 5.74) is 6.80. The number of dihydropyridines is 1. The molecular formula is C31H31FN4O3S. The summed E-state index contributed by atoms with van der Waals surface area (Å²) in [5, 5.41) is 9.86. The van der Waals surface area contributed by atoms with Gasteiger partial charge < -0.3 is 25.6 Å². The highest BCUT2D eigenvalue weighted by Crippen LogP contribution is 2.31. The van der Waals surface area contributed by atoms with Crippen LogP contribution in [-0.2, 0) is 23.0 Å². The molecule has 2 heterocycles. The summed E-state index contributed by atoms with van der Waals surface area (Å²) in [6, 6.07) is 22.2. The minimum absolute atomic E-state index is 0.125. The first-order valence-corrected chi connectivity index (χ1v) is 15.0. The SMILES string of the molecule is CS(=O)(=O)CCNCc1ccc(N2C=CC3=CNC=C(Nc4ccc(OCc5cccc(F)c5)cc4)C3=C2)cc1. The number of hydrogen-bond donors (Lipinski definition) is 3. The van der Waals surface area contributed by atoms with Crippen LogP contribution >= 0.6 is 0 Å². The highest BCUT2D eigenvalue weighted by molar-refractivity contribution is 7.90. The van der Waals surface area contributed by atoms with E-state index in [2.05, 4.69) is 33.1 Å². The molecule has 0 saturated heterocycles. The lowest BCUT2D eigenvalue weighted by atomic mass is 10.00. The topological polar surface area (TPSA) is 82.7 Å². The first-order valence-electron chi connectivity index (χ1n) is 12.9. The Kier molecular flexibility index (Phi) is 8.33. The molecule has 0 saturated carbocycles. The van der Waals surface area contributed by atoms with E-state index in [0.717, 1.165) is 39.3 Å². The molecule has 3 N–H and O–H groups in total. The van der Waals surface area contributed by atoms with Gasteiger partial charge in [-0.1, -0.05) is 24.3 Å². The largest absolute Gasteiger partial charge is 0.489 e. The van der Waals surface area contributed by atoms with Gasteiger partial charge >= 0.3 is 0 Å². The number of nitrogens with zero attached hydrogens (tertiary/aromatic N) is 1. The molecule has 2 aliphatic heterocycles. The monoisotopic (exact) mass is 558 g/mol. The summed E-state index contributed by atoms with van der Waals surface area (Å²) in [6.07, 6.45) is 11.3. The van der Waals surface area contributed by atoms with Crippen LogP contribution < -0.4 is 25.6 Å². The van der Waals surface area contributed by atoms with Gasteiger partial charge in [-0.15, -0.1) is 0 Å². The maximum Gasteiger partial charge on any atom is 0.148 e. The maximum atomic E-state index is 13.4. The lowest BCUT2D eigenvalue weighted by Crippen LogP contribution is -2.22. The lowest BCUT2D eigenvalue weighted by Gasteiger charge is -2.27. The van der Waals surface area contributed by atoms with Gasteiger partial charge in [0.25, 0.3) is 0 Å². The molecule has 0 unspecified atom stereocenters. The summed E-state index contributed by atoms with van der Waals surface area (Å²) in [6.45, 7) is 1.33. The second kappa shape index (κ2) is 12.2. The van der Waals surface area contributed by atoms with Gasteiger partial charge in [0.15, 0.2) is 0 Å². The number of anilines is 2. The Morgan fingerprint density at radius 2 is 1.77 bits per heavy atom. The first kappa shape index (κ1) is 27.2. The molecule has 5 rings (SSSR count). The van der Waals surface area contributed by atoms with Gasteiger partial charge in [0.2, 0.25) is 0 Å². The van der Waals surface area contributed by atoms with Crippen LogP contribution in [0.3, 0.4) is 0 Å². The van der Waals surface area contributed by atoms with Crippen molar-refractivity contribution in [2.24, 2.45) is 0 Å². The van der Waals surface area contributed by atoms with Crippen LogP contribution in [0, 0.1) is 5.82 Å². The zero-order valence-electron chi connectivity index (χ0n) is 22.1. The molecule has 206 valence electrons. The van der Waals surface area contributed by atoms with Crippen molar-refractivity contribution in [3.63, 3.8) is 0 Å². The van der Waals surface area contributed by atoms with Crippen molar-refractivity contribution in [2.75, 3.05) is 28.8 Å². The number of allylic oxidation sites excluding steroid dienone is 2. The van der Waals surface area contributed by atoms with Gasteiger partial charge in [-0.2, -0.15) is 0 Å². The van der Waals surface area contributed by atoms with Crippen molar-refractivity contribution in [2.45, 2.75) is 13.2 Å². The van der Waals surface area contributed by atoms with Crippen molar-refractivity contribution < 1.29 is 17.5 Å². The van der Waals surface area contributed by atoms with E-state index in [0.29, 0.717) is 25.4 Å². The summed E-state index contributed by atoms with van der Waals surface area (Å²) in [5.74, 6) is 0.550. The van der Waals surface area contributed by atoms with Crippen LogP contribution in [0.25, 0.3) is 0 Å². The number of fused-ring (bicyclic) bond motifs is 1. The Labute approximate surface area is 234 Å². The zero-order valence-corrected chi connectivity index (χ0v) is 22.9. The summed E-state index contributed by atoms with van der Waals surface area (Å²) in [7, 11) is -2.97. The van der Waals surface area contributed by atoms with E-state index in [9.17, 15) is 12.8 Å². The molecule has 2 aliphatic rings. The van der Waals surface area contributed by atoms with Crippen LogP contribution in [0.2, 0.25) is 0 Å². The Bertz CT molecular complexity index is 1580. The van der Waals surface area contributed by atoms with Crippen molar-refractivity contribution in [3.05, 3.63) is 137 Å². The molecule has 40 heavy (non-hydrogen) atoms. The van der Waals surface area contributed by atoms with Gasteiger partial charge in [0, 0.05) is 66.7 Å². The Morgan fingerprint density at radius 3 is 2.52 bits per heavy atom. The molecule has 0 spiro atoms. The van der Waals surface area contributed by atoms with E-state index in [4.69, 9.17) is 4.74 Å². The van der Waals surface area contributed by atoms with Gasteiger partial charge in [0.1, 0.15) is 28.0 Å². The van der Waals surface area contributed by atoms with E-state index in [-0.39, 0.29) is 11.6 Å². The summed E-state index contributed by atoms with van der Waals surface area (Å²) in [4.78, 5) is 2.07. The number of benzene rings is 3. The zero-order chi connectivity index (χ0) is 28.0. The average Bonchev–Trinajstić information content (AvgIpc) is 2.95. The van der Waals surface area contributed by atoms with Crippen LogP contribution in [0.4, 0.5) is 15.8 Å². The fourth-order valence-corrected chi connectivity index (χ4v) is 4.79. The molecule has 7 nitrogen and oxygen atoms in total. The smallest absolute Gasteiger partial charge is 0.148 e. The highest BCUT2D eigenvalue weighted by Gasteiger charge is 2.18. The molecule has 0 bridgehead atoms. The first-order chi connectivity index (χ1) is 19.3. The minimum Gasteiger partial charge on any atom is -0.489 e. The predicted molar refractivity (Wildman–Crippen MR) is 158 cm³/mol. The predicted octanol–water partition coefficient (Wildman–Crippen LogP) is 5.20. The minimum atomic E-state index is -2.97. The molecule has 0 aliphatic carbocycles. The third-order valence-electron chi connectivity index (χ3n) is 6.39. The van der Waals surface area contributed by atoms with E-state index in [1.807, 2.05) is 73.2 Å². The van der Waals surface area contributed by atoms with E-state index < -0.39 is 9.84 Å². The third kappa shape index (κ3) is 7.40. The quantitative estimate of drug-likeness (QED) is 0.279. The maximum absolute atomic E-state index is 13.4. The fraction of sp³-hybridized carbons (Fsp3) is 0.161. The summed E-state index contributed by atoms with van der Waals surface area (Å²) < 4.78 is 41.8. The number of hydrogen-bond acceptors (Lipinski definition) is 7. The normalized spacial score (nSPS) is 14.4. The summed E-state index contributed by atoms with van der Waals surface area (Å²) >= 11 is 0. The van der Waals surface area contributed by atoms with Crippen molar-refractivity contribution >= 4 is 21.2 Å². The van der Waals surface area contributed by atoms with Crippen molar-refractivity contribution in [1.82, 2.24) is 10.6 Å². The molecule has 0 atom stereocenters. The van der Waals surface area contributed by atoms with E-state index in [1.165, 1.54) is 18.4 Å². The standard InChI is InChI=1S/C31H31FN4O3S/c1-40(37,38)16-14-33-18-23-5-9-28(10-6-23)36-15-13-25-19-34-20-31(30(25)21-36)35-27-7-11-29(12-8-27)39-22-24-3-2-4-26(32)17-24/h2-13,15,17,19-21,33-35H,14,16,18,22H2,1H3. The highest BCUT2D eigenvalue weighted by atomic mass is 32.2. The number of ether oxygens (including phenoxy) is 1. The Hall–Kier alpha value is -4.34. The van der Waals surface area contributed by atoms with Crippen LogP contribution in [-0.4, -0.2) is 27.0 Å². The van der Waals surface area contributed by atoms with E-state index >= 15 is 0 Å². The number of halogens is 1. The number of rotatable bonds is 11. The third-order valence-corrected chi connectivity index (χ3v) is 7.34. The molecule has 0 radical (unpaired) electrons. The molecule has 0 aromatic heterocycles. The van der Waals surface area contributed by atoms with Gasteiger partial charge in [-0.25, -0.2) is 12.8 Å². The molecule has 0 amide bonds. The Morgan fingerprint density at radius 1 is 0.975 bits per heavy atom. The lowest BCUT2D eigenvalue weighted by molar-refractivity contribution is 0.305. The van der Waals surface area contributed by atoms with Crippen molar-refractivity contribution in [1.29, 1.82) is 0 Å². The van der Waals surface area contributed by atoms with E-state index in [1.54, 1.807) is 6.07 Å². The average molecular weight is 559 g/mol. The van der Waals surface area contributed by atoms with Crippen molar-refractivity contribution in [3.8, 4) is 5.75 Å². The molecule has 9 heteroatoms. The van der Waals surface area contributed by atoms with Gasteiger partial charge in [-0.3, -0.25) is 0 Å². The molecule has 3 aromatic rings. The second-order valence-corrected chi connectivity index (χ2v) is 11.9. The van der Waals surface area contributed by atoms with Gasteiger partial charge in [-0.05, 0) is 65.7 Å². The second-order valence-electron chi connectivity index (χ2n) is 9.63. The number of sulfone groups is 1. The van der Waals surface area contributed by atoms with Crippen LogP contribution in [0.5, 0.6) is 5.75 Å². The number of nitrogens with one attached hydrogen (secondary N) is 3. The molecule has 0 fully saturated rings. The van der Waals surface area contributed by atoms with Crippen LogP contribution in [0.15, 0.2) is 121 Å². The molecule has 3 aromatic carbocycles.